The number of benzene rings is 2. The van der Waals surface area contributed by atoms with E-state index >= 15 is 0 Å². The molecule has 0 aliphatic rings. The highest BCUT2D eigenvalue weighted by Crippen LogP contribution is 2.17. The molecule has 0 heterocycles. The summed E-state index contributed by atoms with van der Waals surface area (Å²) in [5.74, 6) is -0.298. The van der Waals surface area contributed by atoms with E-state index in [1.165, 1.54) is 24.3 Å². The van der Waals surface area contributed by atoms with Crippen LogP contribution < -0.4 is 10.1 Å². The summed E-state index contributed by atoms with van der Waals surface area (Å²) in [6.45, 7) is -2.88. The van der Waals surface area contributed by atoms with Crippen molar-refractivity contribution in [1.29, 1.82) is 0 Å². The van der Waals surface area contributed by atoms with Crippen molar-refractivity contribution >= 4 is 27.5 Å². The lowest BCUT2D eigenvalue weighted by molar-refractivity contribution is -0.0498. The zero-order chi connectivity index (χ0) is 15.2. The van der Waals surface area contributed by atoms with Crippen molar-refractivity contribution in [3.05, 3.63) is 59.7 Å². The van der Waals surface area contributed by atoms with Gasteiger partial charge in [0.2, 0.25) is 0 Å². The van der Waals surface area contributed by atoms with Crippen molar-refractivity contribution in [2.75, 3.05) is 5.32 Å². The lowest BCUT2D eigenvalue weighted by Gasteiger charge is -2.08. The number of halogens is 3. The molecule has 110 valence electrons. The fraction of sp³-hybridized carbons (Fsp3) is 0.133. The van der Waals surface area contributed by atoms with Gasteiger partial charge in [-0.1, -0.05) is 28.1 Å². The fourth-order valence-electron chi connectivity index (χ4n) is 1.72. The largest absolute Gasteiger partial charge is 0.435 e. The predicted octanol–water partition coefficient (Wildman–Crippen LogP) is 4.44. The van der Waals surface area contributed by atoms with Crippen LogP contribution >= 0.6 is 15.9 Å². The fourth-order valence-corrected chi connectivity index (χ4v) is 2.07. The molecule has 0 radical (unpaired) electrons. The quantitative estimate of drug-likeness (QED) is 0.805. The summed E-state index contributed by atoms with van der Waals surface area (Å²) < 4.78 is 28.3. The molecule has 0 spiro atoms. The van der Waals surface area contributed by atoms with Crippen LogP contribution in [0.15, 0.2) is 48.5 Å². The topological polar surface area (TPSA) is 38.3 Å². The van der Waals surface area contributed by atoms with Gasteiger partial charge in [-0.15, -0.1) is 0 Å². The first-order valence-corrected chi connectivity index (χ1v) is 7.22. The van der Waals surface area contributed by atoms with Crippen LogP contribution in [-0.4, -0.2) is 12.5 Å². The molecular weight excluding hydrogens is 344 g/mol. The second kappa shape index (κ2) is 7.17. The van der Waals surface area contributed by atoms with E-state index in [1.807, 2.05) is 18.2 Å². The molecular formula is C15H12BrF2NO2. The van der Waals surface area contributed by atoms with Gasteiger partial charge in [-0.25, -0.2) is 0 Å². The van der Waals surface area contributed by atoms with Gasteiger partial charge in [-0.05, 0) is 42.0 Å². The summed E-state index contributed by atoms with van der Waals surface area (Å²) in [6, 6.07) is 12.9. The molecule has 6 heteroatoms. The number of alkyl halides is 3. The van der Waals surface area contributed by atoms with E-state index in [4.69, 9.17) is 0 Å². The number of anilines is 1. The number of carbonyl (C=O) groups is 1. The van der Waals surface area contributed by atoms with Crippen LogP contribution in [0, 0.1) is 0 Å². The standard InChI is InChI=1S/C15H12BrF2NO2/c16-9-10-2-1-3-12(8-10)19-14(20)11-4-6-13(7-5-11)21-15(17)18/h1-8,15H,9H2,(H,19,20). The first kappa shape index (κ1) is 15.4. The molecule has 0 bridgehead atoms. The SMILES string of the molecule is O=C(Nc1cccc(CBr)c1)c1ccc(OC(F)F)cc1. The number of rotatable bonds is 5. The maximum atomic E-state index is 12.0. The summed E-state index contributed by atoms with van der Waals surface area (Å²) in [4.78, 5) is 12.0. The molecule has 0 aliphatic carbocycles. The Morgan fingerprint density at radius 1 is 1.19 bits per heavy atom. The lowest BCUT2D eigenvalue weighted by Crippen LogP contribution is -2.12. The first-order chi connectivity index (χ1) is 10.1. The Hall–Kier alpha value is -1.95. The third kappa shape index (κ3) is 4.53. The van der Waals surface area contributed by atoms with Crippen LogP contribution in [0.5, 0.6) is 5.75 Å². The van der Waals surface area contributed by atoms with Crippen molar-refractivity contribution in [2.24, 2.45) is 0 Å². The van der Waals surface area contributed by atoms with E-state index in [2.05, 4.69) is 26.0 Å². The Balaban J connectivity index is 2.05. The number of hydrogen-bond acceptors (Lipinski definition) is 2. The van der Waals surface area contributed by atoms with E-state index in [-0.39, 0.29) is 11.7 Å². The van der Waals surface area contributed by atoms with Crippen LogP contribution in [0.4, 0.5) is 14.5 Å². The Kier molecular flexibility index (Phi) is 5.27. The maximum Gasteiger partial charge on any atom is 0.387 e. The molecule has 0 unspecified atom stereocenters. The lowest BCUT2D eigenvalue weighted by atomic mass is 10.2. The molecule has 0 aliphatic heterocycles. The molecule has 1 amide bonds. The average Bonchev–Trinajstić information content (AvgIpc) is 2.47. The normalized spacial score (nSPS) is 10.5. The molecule has 0 atom stereocenters. The molecule has 2 aromatic carbocycles. The zero-order valence-electron chi connectivity index (χ0n) is 10.9. The molecule has 3 nitrogen and oxygen atoms in total. The van der Waals surface area contributed by atoms with Gasteiger partial charge in [0.25, 0.3) is 5.91 Å². The molecule has 0 saturated carbocycles. The van der Waals surface area contributed by atoms with Crippen molar-refractivity contribution < 1.29 is 18.3 Å². The monoisotopic (exact) mass is 355 g/mol. The zero-order valence-corrected chi connectivity index (χ0v) is 12.4. The number of amides is 1. The smallest absolute Gasteiger partial charge is 0.387 e. The highest BCUT2D eigenvalue weighted by atomic mass is 79.9. The third-order valence-electron chi connectivity index (χ3n) is 2.68. The third-order valence-corrected chi connectivity index (χ3v) is 3.33. The van der Waals surface area contributed by atoms with E-state index in [1.54, 1.807) is 6.07 Å². The van der Waals surface area contributed by atoms with Crippen LogP contribution in [0.1, 0.15) is 15.9 Å². The van der Waals surface area contributed by atoms with Crippen LogP contribution in [0.25, 0.3) is 0 Å². The molecule has 2 rings (SSSR count). The molecule has 2 aromatic rings. The maximum absolute atomic E-state index is 12.0. The predicted molar refractivity (Wildman–Crippen MR) is 80.1 cm³/mol. The molecule has 0 saturated heterocycles. The first-order valence-electron chi connectivity index (χ1n) is 6.09. The highest BCUT2D eigenvalue weighted by molar-refractivity contribution is 9.08. The Labute approximate surface area is 129 Å². The number of ether oxygens (including phenoxy) is 1. The Morgan fingerprint density at radius 3 is 2.52 bits per heavy atom. The van der Waals surface area contributed by atoms with Gasteiger partial charge in [0.15, 0.2) is 0 Å². The van der Waals surface area contributed by atoms with Crippen LogP contribution in [0.3, 0.4) is 0 Å². The number of hydrogen-bond donors (Lipinski definition) is 1. The molecule has 1 N–H and O–H groups in total. The van der Waals surface area contributed by atoms with Crippen molar-refractivity contribution in [2.45, 2.75) is 11.9 Å². The van der Waals surface area contributed by atoms with Crippen molar-refractivity contribution in [3.63, 3.8) is 0 Å². The number of nitrogens with one attached hydrogen (secondary N) is 1. The van der Waals surface area contributed by atoms with Gasteiger partial charge in [0.05, 0.1) is 0 Å². The summed E-state index contributed by atoms with van der Waals surface area (Å²) in [7, 11) is 0. The van der Waals surface area contributed by atoms with Gasteiger partial charge in [-0.3, -0.25) is 4.79 Å². The second-order valence-electron chi connectivity index (χ2n) is 4.19. The minimum Gasteiger partial charge on any atom is -0.435 e. The van der Waals surface area contributed by atoms with E-state index < -0.39 is 6.61 Å². The van der Waals surface area contributed by atoms with E-state index in [9.17, 15) is 13.6 Å². The van der Waals surface area contributed by atoms with E-state index in [0.29, 0.717) is 16.6 Å². The molecule has 0 aromatic heterocycles. The summed E-state index contributed by atoms with van der Waals surface area (Å²) in [5.41, 5.74) is 2.07. The second-order valence-corrected chi connectivity index (χ2v) is 4.75. The van der Waals surface area contributed by atoms with Gasteiger partial charge in [0, 0.05) is 16.6 Å². The molecule has 0 fully saturated rings. The van der Waals surface area contributed by atoms with Crippen molar-refractivity contribution in [1.82, 2.24) is 0 Å². The summed E-state index contributed by atoms with van der Waals surface area (Å²) in [6.07, 6.45) is 0. The van der Waals surface area contributed by atoms with Gasteiger partial charge in [-0.2, -0.15) is 8.78 Å². The van der Waals surface area contributed by atoms with Gasteiger partial charge >= 0.3 is 6.61 Å². The summed E-state index contributed by atoms with van der Waals surface area (Å²) in [5, 5.41) is 3.44. The van der Waals surface area contributed by atoms with Crippen molar-refractivity contribution in [3.8, 4) is 5.75 Å². The minimum absolute atomic E-state index is 0.0165. The van der Waals surface area contributed by atoms with Gasteiger partial charge < -0.3 is 10.1 Å². The molecule has 21 heavy (non-hydrogen) atoms. The van der Waals surface area contributed by atoms with Gasteiger partial charge in [0.1, 0.15) is 5.75 Å². The van der Waals surface area contributed by atoms with Crippen LogP contribution in [-0.2, 0) is 5.33 Å². The summed E-state index contributed by atoms with van der Waals surface area (Å²) >= 11 is 3.34. The number of carbonyl (C=O) groups excluding carboxylic acids is 1. The Morgan fingerprint density at radius 2 is 1.90 bits per heavy atom. The Bertz CT molecular complexity index is 617. The minimum atomic E-state index is -2.88. The average molecular weight is 356 g/mol. The highest BCUT2D eigenvalue weighted by Gasteiger charge is 2.08. The van der Waals surface area contributed by atoms with Crippen LogP contribution in [0.2, 0.25) is 0 Å². The van der Waals surface area contributed by atoms with E-state index in [0.717, 1.165) is 5.56 Å².